The summed E-state index contributed by atoms with van der Waals surface area (Å²) in [5.74, 6) is 1.84. The maximum Gasteiger partial charge on any atom is 0.271 e. The number of aromatic amines is 1. The lowest BCUT2D eigenvalue weighted by Gasteiger charge is -2.29. The summed E-state index contributed by atoms with van der Waals surface area (Å²) in [4.78, 5) is 19.1. The van der Waals surface area contributed by atoms with Gasteiger partial charge in [-0.15, -0.1) is 0 Å². The lowest BCUT2D eigenvalue weighted by Crippen LogP contribution is -2.38. The highest BCUT2D eigenvalue weighted by atomic mass is 16.5. The zero-order chi connectivity index (χ0) is 19.7. The molecule has 2 aromatic heterocycles. The van der Waals surface area contributed by atoms with Crippen LogP contribution in [0.15, 0.2) is 34.9 Å². The fourth-order valence-electron chi connectivity index (χ4n) is 3.41. The van der Waals surface area contributed by atoms with Gasteiger partial charge in [0.1, 0.15) is 11.4 Å². The maximum absolute atomic E-state index is 12.8. The fraction of sp³-hybridized carbons (Fsp3) is 0.400. The van der Waals surface area contributed by atoms with Gasteiger partial charge in [-0.2, -0.15) is 10.1 Å². The molecule has 8 heteroatoms. The molecule has 0 radical (unpaired) electrons. The second-order valence-electron chi connectivity index (χ2n) is 7.40. The second kappa shape index (κ2) is 7.46. The minimum absolute atomic E-state index is 0.0963. The second-order valence-corrected chi connectivity index (χ2v) is 7.40. The summed E-state index contributed by atoms with van der Waals surface area (Å²) < 4.78 is 5.40. The van der Waals surface area contributed by atoms with E-state index in [0.717, 1.165) is 18.7 Å². The van der Waals surface area contributed by atoms with E-state index in [1.165, 1.54) is 0 Å². The number of benzene rings is 1. The number of nitrogens with zero attached hydrogens (tertiary/aromatic N) is 4. The van der Waals surface area contributed by atoms with Crippen molar-refractivity contribution in [3.8, 4) is 17.0 Å². The van der Waals surface area contributed by atoms with Gasteiger partial charge < -0.3 is 14.5 Å². The largest absolute Gasteiger partial charge is 0.507 e. The lowest BCUT2D eigenvalue weighted by molar-refractivity contribution is 0.0698. The van der Waals surface area contributed by atoms with E-state index in [1.807, 2.05) is 19.9 Å². The smallest absolute Gasteiger partial charge is 0.271 e. The zero-order valence-corrected chi connectivity index (χ0v) is 15.9. The fourth-order valence-corrected chi connectivity index (χ4v) is 3.41. The molecule has 146 valence electrons. The molecule has 0 unspecified atom stereocenters. The van der Waals surface area contributed by atoms with Crippen LogP contribution in [0, 0.1) is 0 Å². The van der Waals surface area contributed by atoms with E-state index in [9.17, 15) is 9.90 Å². The summed E-state index contributed by atoms with van der Waals surface area (Å²) in [5, 5.41) is 21.0. The number of para-hydroxylation sites is 1. The van der Waals surface area contributed by atoms with E-state index in [2.05, 4.69) is 20.3 Å². The predicted molar refractivity (Wildman–Crippen MR) is 102 cm³/mol. The molecule has 1 aliphatic heterocycles. The molecule has 0 saturated carbocycles. The summed E-state index contributed by atoms with van der Waals surface area (Å²) >= 11 is 0. The maximum atomic E-state index is 12.8. The van der Waals surface area contributed by atoms with Gasteiger partial charge in [-0.05, 0) is 31.0 Å². The number of rotatable bonds is 4. The first-order valence-corrected chi connectivity index (χ1v) is 9.49. The first kappa shape index (κ1) is 18.2. The van der Waals surface area contributed by atoms with E-state index < -0.39 is 0 Å². The first-order chi connectivity index (χ1) is 13.5. The molecule has 3 aromatic rings. The molecular weight excluding hydrogens is 358 g/mol. The first-order valence-electron chi connectivity index (χ1n) is 9.49. The molecule has 1 saturated heterocycles. The van der Waals surface area contributed by atoms with Crippen molar-refractivity contribution in [2.75, 3.05) is 13.1 Å². The molecular formula is C20H23N5O3. The molecule has 0 bridgehead atoms. The van der Waals surface area contributed by atoms with Gasteiger partial charge in [0.15, 0.2) is 5.82 Å². The Labute approximate surface area is 162 Å². The van der Waals surface area contributed by atoms with Crippen molar-refractivity contribution in [2.24, 2.45) is 0 Å². The summed E-state index contributed by atoms with van der Waals surface area (Å²) in [7, 11) is 0. The van der Waals surface area contributed by atoms with Crippen molar-refractivity contribution >= 4 is 5.91 Å². The molecule has 8 nitrogen and oxygen atoms in total. The Morgan fingerprint density at radius 1 is 1.29 bits per heavy atom. The number of likely N-dealkylation sites (tertiary alicyclic amines) is 1. The molecule has 1 fully saturated rings. The minimum atomic E-state index is -0.0963. The number of nitrogens with one attached hydrogen (secondary N) is 1. The summed E-state index contributed by atoms with van der Waals surface area (Å²) in [6, 6.07) is 8.60. The average Bonchev–Trinajstić information content (AvgIpc) is 3.38. The van der Waals surface area contributed by atoms with Gasteiger partial charge in [0.2, 0.25) is 5.89 Å². The molecule has 0 aliphatic carbocycles. The Bertz CT molecular complexity index is 970. The average molecular weight is 381 g/mol. The molecule has 3 heterocycles. The third kappa shape index (κ3) is 3.49. The van der Waals surface area contributed by atoms with Crippen LogP contribution < -0.4 is 0 Å². The molecule has 28 heavy (non-hydrogen) atoms. The van der Waals surface area contributed by atoms with Crippen molar-refractivity contribution in [3.05, 3.63) is 47.7 Å². The van der Waals surface area contributed by atoms with Gasteiger partial charge in [-0.25, -0.2) is 0 Å². The summed E-state index contributed by atoms with van der Waals surface area (Å²) in [6.07, 6.45) is 1.57. The summed E-state index contributed by atoms with van der Waals surface area (Å²) in [6.45, 7) is 5.30. The minimum Gasteiger partial charge on any atom is -0.507 e. The molecule has 1 aliphatic rings. The van der Waals surface area contributed by atoms with Crippen molar-refractivity contribution in [3.63, 3.8) is 0 Å². The highest BCUT2D eigenvalue weighted by Gasteiger charge is 2.29. The number of phenolic OH excluding ortho intramolecular Hbond substituents is 1. The molecule has 4 rings (SSSR count). The zero-order valence-electron chi connectivity index (χ0n) is 15.9. The van der Waals surface area contributed by atoms with Crippen molar-refractivity contribution in [1.82, 2.24) is 25.2 Å². The standard InChI is InChI=1S/C20H23N5O3/c1-12(2)18-21-19(28-24-18)13-7-9-25(10-8-13)20(27)16-11-15(22-23-16)14-5-3-4-6-17(14)26/h3-6,11-13,26H,7-10H2,1-2H3,(H,22,23). The van der Waals surface area contributed by atoms with E-state index >= 15 is 0 Å². The van der Waals surface area contributed by atoms with Crippen LogP contribution in [0.2, 0.25) is 0 Å². The van der Waals surface area contributed by atoms with Crippen LogP contribution in [0.5, 0.6) is 5.75 Å². The van der Waals surface area contributed by atoms with Crippen LogP contribution in [0.1, 0.15) is 60.7 Å². The number of aromatic hydroxyl groups is 1. The third-order valence-electron chi connectivity index (χ3n) is 5.09. The number of hydrogen-bond donors (Lipinski definition) is 2. The van der Waals surface area contributed by atoms with Crippen LogP contribution in [0.4, 0.5) is 0 Å². The van der Waals surface area contributed by atoms with Gasteiger partial charge in [-0.1, -0.05) is 31.1 Å². The van der Waals surface area contributed by atoms with Crippen LogP contribution in [-0.2, 0) is 0 Å². The number of aromatic nitrogens is 4. The molecule has 1 amide bonds. The van der Waals surface area contributed by atoms with E-state index in [4.69, 9.17) is 4.52 Å². The normalized spacial score (nSPS) is 15.3. The van der Waals surface area contributed by atoms with Gasteiger partial charge in [0, 0.05) is 30.5 Å². The number of piperidine rings is 1. The number of amides is 1. The quantitative estimate of drug-likeness (QED) is 0.718. The predicted octanol–water partition coefficient (Wildman–Crippen LogP) is 3.31. The highest BCUT2D eigenvalue weighted by Crippen LogP contribution is 2.30. The third-order valence-corrected chi connectivity index (χ3v) is 5.09. The summed E-state index contributed by atoms with van der Waals surface area (Å²) in [5.41, 5.74) is 1.55. The van der Waals surface area contributed by atoms with E-state index in [1.54, 1.807) is 29.2 Å². The van der Waals surface area contributed by atoms with Crippen molar-refractivity contribution in [1.29, 1.82) is 0 Å². The van der Waals surface area contributed by atoms with Gasteiger partial charge >= 0.3 is 0 Å². The Kier molecular flexibility index (Phi) is 4.85. The van der Waals surface area contributed by atoms with Crippen LogP contribution in [0.3, 0.4) is 0 Å². The number of carbonyl (C=O) groups is 1. The number of hydrogen-bond acceptors (Lipinski definition) is 6. The van der Waals surface area contributed by atoms with Crippen LogP contribution in [0.25, 0.3) is 11.3 Å². The van der Waals surface area contributed by atoms with E-state index in [0.29, 0.717) is 35.9 Å². The van der Waals surface area contributed by atoms with Crippen molar-refractivity contribution in [2.45, 2.75) is 38.5 Å². The Morgan fingerprint density at radius 2 is 2.04 bits per heavy atom. The molecule has 0 spiro atoms. The van der Waals surface area contributed by atoms with Crippen LogP contribution in [-0.4, -0.2) is 49.3 Å². The monoisotopic (exact) mass is 381 g/mol. The topological polar surface area (TPSA) is 108 Å². The Hall–Kier alpha value is -3.16. The molecule has 2 N–H and O–H groups in total. The number of H-pyrrole nitrogens is 1. The SMILES string of the molecule is CC(C)c1noc(C2CCN(C(=O)c3cc(-c4ccccc4O)n[nH]3)CC2)n1. The lowest BCUT2D eigenvalue weighted by atomic mass is 9.96. The van der Waals surface area contributed by atoms with E-state index in [-0.39, 0.29) is 23.5 Å². The highest BCUT2D eigenvalue weighted by molar-refractivity contribution is 5.93. The molecule has 0 atom stereocenters. The van der Waals surface area contributed by atoms with Gasteiger partial charge in [0.25, 0.3) is 5.91 Å². The van der Waals surface area contributed by atoms with Gasteiger partial charge in [-0.3, -0.25) is 9.89 Å². The van der Waals surface area contributed by atoms with Crippen LogP contribution >= 0.6 is 0 Å². The number of carbonyl (C=O) groups excluding carboxylic acids is 1. The molecule has 1 aromatic carbocycles. The Balaban J connectivity index is 1.41. The van der Waals surface area contributed by atoms with Gasteiger partial charge in [0.05, 0.1) is 5.69 Å². The Morgan fingerprint density at radius 3 is 2.71 bits per heavy atom. The number of phenols is 1. The van der Waals surface area contributed by atoms with Crippen molar-refractivity contribution < 1.29 is 14.4 Å².